The number of nitrogens with one attached hydrogen (secondary N) is 3. The van der Waals surface area contributed by atoms with Crippen molar-refractivity contribution in [3.05, 3.63) is 35.4 Å². The minimum atomic E-state index is -0.480. The van der Waals surface area contributed by atoms with E-state index in [4.69, 9.17) is 9.47 Å². The Bertz CT molecular complexity index is 612. The van der Waals surface area contributed by atoms with Gasteiger partial charge in [-0.05, 0) is 52.2 Å². The molecule has 0 spiro atoms. The first kappa shape index (κ1) is 23.8. The summed E-state index contributed by atoms with van der Waals surface area (Å²) >= 11 is 0. The average Bonchev–Trinajstić information content (AvgIpc) is 2.63. The third kappa shape index (κ3) is 10.8. The van der Waals surface area contributed by atoms with Crippen LogP contribution in [-0.2, 0) is 22.6 Å². The summed E-state index contributed by atoms with van der Waals surface area (Å²) in [6.45, 7) is 13.5. The Labute approximate surface area is 169 Å². The van der Waals surface area contributed by atoms with Crippen LogP contribution in [0.4, 0.5) is 4.79 Å². The van der Waals surface area contributed by atoms with Crippen LogP contribution in [0.25, 0.3) is 0 Å². The number of hydrogen-bond acceptors (Lipinski definition) is 4. The highest BCUT2D eigenvalue weighted by Gasteiger charge is 2.15. The monoisotopic (exact) mass is 392 g/mol. The summed E-state index contributed by atoms with van der Waals surface area (Å²) in [6.07, 6.45) is 0.379. The number of hydrogen-bond donors (Lipinski definition) is 3. The number of nitrogens with zero attached hydrogens (tertiary/aromatic N) is 1. The smallest absolute Gasteiger partial charge is 0.407 e. The largest absolute Gasteiger partial charge is 0.444 e. The Morgan fingerprint density at radius 1 is 1.04 bits per heavy atom. The lowest BCUT2D eigenvalue weighted by atomic mass is 10.1. The third-order valence-corrected chi connectivity index (χ3v) is 3.65. The standard InChI is InChI=1S/C21H36N4O3/c1-6-22-19(23-13-10-14-24-20(26)28-21(3,4)5)25-15-17-11-8-9-12-18(17)16-27-7-2/h8-9,11-12H,6-7,10,13-16H2,1-5H3,(H,24,26)(H2,22,23,25). The van der Waals surface area contributed by atoms with Gasteiger partial charge in [0, 0.05) is 26.2 Å². The molecule has 3 N–H and O–H groups in total. The van der Waals surface area contributed by atoms with Crippen molar-refractivity contribution in [2.75, 3.05) is 26.2 Å². The van der Waals surface area contributed by atoms with E-state index < -0.39 is 5.60 Å². The van der Waals surface area contributed by atoms with Gasteiger partial charge in [0.25, 0.3) is 0 Å². The molecular weight excluding hydrogens is 356 g/mol. The highest BCUT2D eigenvalue weighted by Crippen LogP contribution is 2.11. The average molecular weight is 393 g/mol. The van der Waals surface area contributed by atoms with Crippen LogP contribution < -0.4 is 16.0 Å². The minimum absolute atomic E-state index is 0.390. The van der Waals surface area contributed by atoms with Gasteiger partial charge in [-0.25, -0.2) is 9.79 Å². The molecule has 0 aliphatic heterocycles. The first-order valence-corrected chi connectivity index (χ1v) is 9.99. The Morgan fingerprint density at radius 3 is 2.36 bits per heavy atom. The summed E-state index contributed by atoms with van der Waals surface area (Å²) in [4.78, 5) is 16.3. The predicted molar refractivity (Wildman–Crippen MR) is 113 cm³/mol. The van der Waals surface area contributed by atoms with E-state index >= 15 is 0 Å². The fourth-order valence-corrected chi connectivity index (χ4v) is 2.37. The second-order valence-corrected chi connectivity index (χ2v) is 7.31. The molecule has 0 saturated heterocycles. The number of rotatable bonds is 10. The maximum atomic E-state index is 11.6. The molecule has 0 saturated carbocycles. The molecule has 0 aromatic heterocycles. The zero-order valence-corrected chi connectivity index (χ0v) is 17.9. The van der Waals surface area contributed by atoms with Crippen molar-refractivity contribution in [2.24, 2.45) is 4.99 Å². The molecule has 1 rings (SSSR count). The van der Waals surface area contributed by atoms with Crippen molar-refractivity contribution in [1.29, 1.82) is 0 Å². The zero-order valence-electron chi connectivity index (χ0n) is 17.9. The van der Waals surface area contributed by atoms with E-state index in [1.54, 1.807) is 0 Å². The van der Waals surface area contributed by atoms with Crippen molar-refractivity contribution in [3.63, 3.8) is 0 Å². The van der Waals surface area contributed by atoms with Crippen LogP contribution in [-0.4, -0.2) is 43.9 Å². The Morgan fingerprint density at radius 2 is 1.71 bits per heavy atom. The molecule has 0 fully saturated rings. The molecule has 28 heavy (non-hydrogen) atoms. The van der Waals surface area contributed by atoms with Crippen molar-refractivity contribution < 1.29 is 14.3 Å². The van der Waals surface area contributed by atoms with Gasteiger partial charge in [0.15, 0.2) is 5.96 Å². The second-order valence-electron chi connectivity index (χ2n) is 7.31. The van der Waals surface area contributed by atoms with Crippen LogP contribution in [0.2, 0.25) is 0 Å². The molecule has 0 atom stereocenters. The minimum Gasteiger partial charge on any atom is -0.444 e. The lowest BCUT2D eigenvalue weighted by Crippen LogP contribution is -2.39. The lowest BCUT2D eigenvalue weighted by molar-refractivity contribution is 0.0527. The van der Waals surface area contributed by atoms with Crippen LogP contribution in [0.1, 0.15) is 52.2 Å². The number of carbonyl (C=O) groups excluding carboxylic acids is 1. The van der Waals surface area contributed by atoms with Crippen LogP contribution in [0.5, 0.6) is 0 Å². The van der Waals surface area contributed by atoms with Crippen molar-refractivity contribution in [3.8, 4) is 0 Å². The summed E-state index contributed by atoms with van der Waals surface area (Å²) in [7, 11) is 0. The molecular formula is C21H36N4O3. The maximum absolute atomic E-state index is 11.6. The van der Waals surface area contributed by atoms with Crippen molar-refractivity contribution >= 4 is 12.1 Å². The highest BCUT2D eigenvalue weighted by molar-refractivity contribution is 5.79. The maximum Gasteiger partial charge on any atom is 0.407 e. The molecule has 0 aliphatic rings. The van der Waals surface area contributed by atoms with E-state index in [9.17, 15) is 4.79 Å². The Balaban J connectivity index is 2.45. The van der Waals surface area contributed by atoms with E-state index in [2.05, 4.69) is 33.1 Å². The summed E-state index contributed by atoms with van der Waals surface area (Å²) in [5.74, 6) is 0.756. The fourth-order valence-electron chi connectivity index (χ4n) is 2.37. The highest BCUT2D eigenvalue weighted by atomic mass is 16.6. The Hall–Kier alpha value is -2.28. The number of amides is 1. The molecule has 7 heteroatoms. The van der Waals surface area contributed by atoms with Crippen LogP contribution in [0.15, 0.2) is 29.3 Å². The van der Waals surface area contributed by atoms with Gasteiger partial charge in [-0.1, -0.05) is 24.3 Å². The van der Waals surface area contributed by atoms with Gasteiger partial charge in [0.2, 0.25) is 0 Å². The molecule has 0 heterocycles. The fraction of sp³-hybridized carbons (Fsp3) is 0.619. The molecule has 7 nitrogen and oxygen atoms in total. The van der Waals surface area contributed by atoms with Gasteiger partial charge >= 0.3 is 6.09 Å². The molecule has 0 radical (unpaired) electrons. The zero-order chi connectivity index (χ0) is 20.8. The van der Waals surface area contributed by atoms with Gasteiger partial charge in [0.05, 0.1) is 13.2 Å². The molecule has 0 bridgehead atoms. The van der Waals surface area contributed by atoms with Gasteiger partial charge in [-0.15, -0.1) is 0 Å². The summed E-state index contributed by atoms with van der Waals surface area (Å²) in [6, 6.07) is 8.18. The van der Waals surface area contributed by atoms with Crippen LogP contribution in [0.3, 0.4) is 0 Å². The Kier molecular flexibility index (Phi) is 11.0. The first-order chi connectivity index (χ1) is 13.4. The SMILES string of the molecule is CCNC(=NCc1ccccc1COCC)NCCCNC(=O)OC(C)(C)C. The van der Waals surface area contributed by atoms with Gasteiger partial charge in [-0.3, -0.25) is 0 Å². The number of guanidine groups is 1. The second kappa shape index (κ2) is 13.0. The summed E-state index contributed by atoms with van der Waals surface area (Å²) in [5, 5.41) is 9.29. The predicted octanol–water partition coefficient (Wildman–Crippen LogP) is 3.19. The molecule has 1 aromatic carbocycles. The van der Waals surface area contributed by atoms with E-state index in [0.717, 1.165) is 30.1 Å². The number of benzene rings is 1. The normalized spacial score (nSPS) is 11.8. The van der Waals surface area contributed by atoms with Gasteiger partial charge in [-0.2, -0.15) is 0 Å². The third-order valence-electron chi connectivity index (χ3n) is 3.65. The van der Waals surface area contributed by atoms with E-state index in [1.807, 2.05) is 46.8 Å². The van der Waals surface area contributed by atoms with Crippen LogP contribution in [0, 0.1) is 0 Å². The quantitative estimate of drug-likeness (QED) is 0.324. The van der Waals surface area contributed by atoms with E-state index in [0.29, 0.717) is 32.8 Å². The van der Waals surface area contributed by atoms with Crippen molar-refractivity contribution in [2.45, 2.75) is 59.8 Å². The number of carbonyl (C=O) groups is 1. The van der Waals surface area contributed by atoms with Gasteiger partial charge in [0.1, 0.15) is 5.60 Å². The van der Waals surface area contributed by atoms with Crippen LogP contribution >= 0.6 is 0 Å². The van der Waals surface area contributed by atoms with E-state index in [-0.39, 0.29) is 6.09 Å². The molecule has 0 unspecified atom stereocenters. The number of aliphatic imine (C=N–C) groups is 1. The lowest BCUT2D eigenvalue weighted by Gasteiger charge is -2.19. The topological polar surface area (TPSA) is 84.0 Å². The molecule has 1 aromatic rings. The van der Waals surface area contributed by atoms with Crippen molar-refractivity contribution in [1.82, 2.24) is 16.0 Å². The molecule has 1 amide bonds. The molecule has 0 aliphatic carbocycles. The van der Waals surface area contributed by atoms with Gasteiger partial charge < -0.3 is 25.4 Å². The molecule has 158 valence electrons. The first-order valence-electron chi connectivity index (χ1n) is 9.99. The summed E-state index contributed by atoms with van der Waals surface area (Å²) in [5.41, 5.74) is 1.83. The summed E-state index contributed by atoms with van der Waals surface area (Å²) < 4.78 is 10.7. The van der Waals surface area contributed by atoms with E-state index in [1.165, 1.54) is 0 Å². The number of alkyl carbamates (subject to hydrolysis) is 1. The number of ether oxygens (including phenoxy) is 2.